The van der Waals surface area contributed by atoms with Gasteiger partial charge in [0, 0.05) is 0 Å². The SMILES string of the molecule is C=COOC=CC. The Bertz CT molecular complexity index is 66.5. The summed E-state index contributed by atoms with van der Waals surface area (Å²) in [6.45, 7) is 5.08. The van der Waals surface area contributed by atoms with E-state index in [2.05, 4.69) is 16.4 Å². The van der Waals surface area contributed by atoms with Crippen molar-refractivity contribution in [2.24, 2.45) is 0 Å². The second-order valence-electron chi connectivity index (χ2n) is 0.829. The van der Waals surface area contributed by atoms with Crippen LogP contribution in [-0.2, 0) is 9.78 Å². The number of hydrogen-bond acceptors (Lipinski definition) is 2. The molecule has 7 heavy (non-hydrogen) atoms. The van der Waals surface area contributed by atoms with Crippen molar-refractivity contribution in [1.82, 2.24) is 0 Å². The lowest BCUT2D eigenvalue weighted by molar-refractivity contribution is -0.195. The van der Waals surface area contributed by atoms with Crippen LogP contribution in [-0.4, -0.2) is 0 Å². The van der Waals surface area contributed by atoms with E-state index >= 15 is 0 Å². The lowest BCUT2D eigenvalue weighted by atomic mass is 10.7. The smallest absolute Gasteiger partial charge is 0.138 e. The van der Waals surface area contributed by atoms with Gasteiger partial charge in [0.05, 0.1) is 0 Å². The van der Waals surface area contributed by atoms with Crippen LogP contribution in [0.25, 0.3) is 0 Å². The molecule has 0 aromatic rings. The van der Waals surface area contributed by atoms with Crippen LogP contribution in [0, 0.1) is 0 Å². The molecular formula is C5H8O2. The van der Waals surface area contributed by atoms with E-state index in [-0.39, 0.29) is 0 Å². The van der Waals surface area contributed by atoms with Gasteiger partial charge in [-0.15, -0.1) is 0 Å². The summed E-state index contributed by atoms with van der Waals surface area (Å²) in [6, 6.07) is 0. The zero-order valence-corrected chi connectivity index (χ0v) is 4.26. The molecule has 0 rings (SSSR count). The van der Waals surface area contributed by atoms with Crippen molar-refractivity contribution in [3.8, 4) is 0 Å². The lowest BCUT2D eigenvalue weighted by Gasteiger charge is -1.89. The predicted octanol–water partition coefficient (Wildman–Crippen LogP) is 1.61. The van der Waals surface area contributed by atoms with Crippen molar-refractivity contribution >= 4 is 0 Å². The van der Waals surface area contributed by atoms with Gasteiger partial charge in [0.2, 0.25) is 0 Å². The zero-order chi connectivity index (χ0) is 5.54. The standard InChI is InChI=1S/C5H8O2/c1-3-5-7-6-4-2/h3-5H,2H2,1H3. The van der Waals surface area contributed by atoms with Gasteiger partial charge >= 0.3 is 0 Å². The van der Waals surface area contributed by atoms with E-state index in [9.17, 15) is 0 Å². The van der Waals surface area contributed by atoms with Gasteiger partial charge in [0.1, 0.15) is 12.5 Å². The van der Waals surface area contributed by atoms with Crippen molar-refractivity contribution in [2.75, 3.05) is 0 Å². The largest absolute Gasteiger partial charge is 0.299 e. The summed E-state index contributed by atoms with van der Waals surface area (Å²) < 4.78 is 0. The lowest BCUT2D eigenvalue weighted by Crippen LogP contribution is -1.71. The first-order valence-electron chi connectivity index (χ1n) is 1.96. The Morgan fingerprint density at radius 1 is 1.43 bits per heavy atom. The molecule has 0 aromatic heterocycles. The minimum absolute atomic E-state index is 1.21. The van der Waals surface area contributed by atoms with Crippen LogP contribution in [0.3, 0.4) is 0 Å². The maximum Gasteiger partial charge on any atom is 0.138 e. The molecule has 0 heterocycles. The van der Waals surface area contributed by atoms with Gasteiger partial charge in [-0.05, 0) is 13.0 Å². The molecule has 0 aliphatic heterocycles. The van der Waals surface area contributed by atoms with E-state index in [1.165, 1.54) is 12.5 Å². The quantitative estimate of drug-likeness (QED) is 0.232. The number of hydrogen-bond donors (Lipinski definition) is 0. The fourth-order valence-corrected chi connectivity index (χ4v) is 0.127. The van der Waals surface area contributed by atoms with E-state index in [4.69, 9.17) is 0 Å². The average Bonchev–Trinajstić information content (AvgIpc) is 1.69. The van der Waals surface area contributed by atoms with E-state index < -0.39 is 0 Å². The van der Waals surface area contributed by atoms with E-state index in [1.54, 1.807) is 6.08 Å². The first-order chi connectivity index (χ1) is 3.41. The Kier molecular flexibility index (Phi) is 4.41. The van der Waals surface area contributed by atoms with Crippen molar-refractivity contribution in [2.45, 2.75) is 6.92 Å². The summed E-state index contributed by atoms with van der Waals surface area (Å²) in [5.74, 6) is 0. The molecular weight excluding hydrogens is 92.1 g/mol. The summed E-state index contributed by atoms with van der Waals surface area (Å²) in [4.78, 5) is 8.58. The maximum atomic E-state index is 4.33. The Morgan fingerprint density at radius 3 is 2.57 bits per heavy atom. The Morgan fingerprint density at radius 2 is 2.14 bits per heavy atom. The second kappa shape index (κ2) is 5.08. The number of rotatable bonds is 3. The van der Waals surface area contributed by atoms with Crippen molar-refractivity contribution < 1.29 is 9.78 Å². The van der Waals surface area contributed by atoms with Gasteiger partial charge < -0.3 is 0 Å². The third-order valence-electron chi connectivity index (χ3n) is 0.315. The summed E-state index contributed by atoms with van der Waals surface area (Å²) in [6.07, 6.45) is 4.34. The van der Waals surface area contributed by atoms with Crippen LogP contribution in [0.5, 0.6) is 0 Å². The molecule has 0 unspecified atom stereocenters. The fraction of sp³-hybridized carbons (Fsp3) is 0.200. The van der Waals surface area contributed by atoms with Crippen LogP contribution < -0.4 is 0 Å². The molecule has 0 atom stereocenters. The van der Waals surface area contributed by atoms with Gasteiger partial charge in [0.25, 0.3) is 0 Å². The van der Waals surface area contributed by atoms with E-state index in [1.807, 2.05) is 6.92 Å². The van der Waals surface area contributed by atoms with Crippen molar-refractivity contribution in [1.29, 1.82) is 0 Å². The molecule has 2 heteroatoms. The van der Waals surface area contributed by atoms with Crippen LogP contribution in [0.4, 0.5) is 0 Å². The minimum Gasteiger partial charge on any atom is -0.299 e. The molecule has 0 saturated carbocycles. The maximum absolute atomic E-state index is 4.33. The molecule has 0 N–H and O–H groups in total. The Hall–Kier alpha value is -0.920. The van der Waals surface area contributed by atoms with Gasteiger partial charge in [-0.25, -0.2) is 0 Å². The molecule has 0 aliphatic carbocycles. The molecule has 0 aliphatic rings. The van der Waals surface area contributed by atoms with Gasteiger partial charge in [-0.1, -0.05) is 6.58 Å². The van der Waals surface area contributed by atoms with Gasteiger partial charge in [-0.3, -0.25) is 9.78 Å². The monoisotopic (exact) mass is 100 g/mol. The summed E-state index contributed by atoms with van der Waals surface area (Å²) in [5.41, 5.74) is 0. The van der Waals surface area contributed by atoms with Crippen LogP contribution in [0.2, 0.25) is 0 Å². The Balaban J connectivity index is 2.82. The normalized spacial score (nSPS) is 8.71. The second-order valence-corrected chi connectivity index (χ2v) is 0.829. The van der Waals surface area contributed by atoms with E-state index in [0.29, 0.717) is 0 Å². The highest BCUT2D eigenvalue weighted by Gasteiger charge is 1.62. The highest BCUT2D eigenvalue weighted by molar-refractivity contribution is 4.63. The first-order valence-corrected chi connectivity index (χ1v) is 1.96. The van der Waals surface area contributed by atoms with Crippen molar-refractivity contribution in [3.63, 3.8) is 0 Å². The summed E-state index contributed by atoms with van der Waals surface area (Å²) in [7, 11) is 0. The third-order valence-corrected chi connectivity index (χ3v) is 0.315. The number of allylic oxidation sites excluding steroid dienone is 1. The molecule has 0 saturated heterocycles. The molecule has 2 nitrogen and oxygen atoms in total. The highest BCUT2D eigenvalue weighted by atomic mass is 17.2. The third kappa shape index (κ3) is 5.08. The molecule has 0 fully saturated rings. The summed E-state index contributed by atoms with van der Waals surface area (Å²) in [5, 5.41) is 0. The minimum atomic E-state index is 1.21. The fourth-order valence-electron chi connectivity index (χ4n) is 0.127. The summed E-state index contributed by atoms with van der Waals surface area (Å²) >= 11 is 0. The van der Waals surface area contributed by atoms with Gasteiger partial charge in [0.15, 0.2) is 0 Å². The topological polar surface area (TPSA) is 18.5 Å². The highest BCUT2D eigenvalue weighted by Crippen LogP contribution is 1.77. The average molecular weight is 100 g/mol. The molecule has 0 amide bonds. The Labute approximate surface area is 43.0 Å². The molecule has 0 bridgehead atoms. The molecule has 0 spiro atoms. The zero-order valence-electron chi connectivity index (χ0n) is 4.26. The molecule has 0 radical (unpaired) electrons. The van der Waals surface area contributed by atoms with Gasteiger partial charge in [-0.2, -0.15) is 0 Å². The van der Waals surface area contributed by atoms with Crippen LogP contribution in [0.15, 0.2) is 25.2 Å². The molecule has 0 aromatic carbocycles. The molecule has 40 valence electrons. The van der Waals surface area contributed by atoms with Crippen LogP contribution >= 0.6 is 0 Å². The predicted molar refractivity (Wildman–Crippen MR) is 27.2 cm³/mol. The van der Waals surface area contributed by atoms with Crippen molar-refractivity contribution in [3.05, 3.63) is 25.2 Å². The van der Waals surface area contributed by atoms with E-state index in [0.717, 1.165) is 0 Å². The van der Waals surface area contributed by atoms with Crippen LogP contribution in [0.1, 0.15) is 6.92 Å². The first kappa shape index (κ1) is 6.08.